The third kappa shape index (κ3) is 4.18. The molecule has 0 saturated carbocycles. The van der Waals surface area contributed by atoms with E-state index in [1.165, 1.54) is 18.2 Å². The van der Waals surface area contributed by atoms with Crippen LogP contribution in [0.5, 0.6) is 11.5 Å². The van der Waals surface area contributed by atoms with Crippen molar-refractivity contribution in [1.29, 1.82) is 0 Å². The fourth-order valence-electron chi connectivity index (χ4n) is 2.92. The molecule has 0 bridgehead atoms. The molecule has 0 aliphatic heterocycles. The van der Waals surface area contributed by atoms with Crippen molar-refractivity contribution in [2.24, 2.45) is 0 Å². The van der Waals surface area contributed by atoms with Gasteiger partial charge in [0.1, 0.15) is 11.5 Å². The van der Waals surface area contributed by atoms with Gasteiger partial charge in [-0.15, -0.1) is 0 Å². The number of fused-ring (bicyclic) bond motifs is 1. The molecule has 0 radical (unpaired) electrons. The van der Waals surface area contributed by atoms with Crippen LogP contribution < -0.4 is 9.47 Å². The van der Waals surface area contributed by atoms with Crippen LogP contribution in [0.1, 0.15) is 27.9 Å². The first kappa shape index (κ1) is 17.0. The molecule has 0 saturated heterocycles. The molecular formula is C20H20O5. The predicted octanol–water partition coefficient (Wildman–Crippen LogP) is 2.99. The number of Topliss-reactive ketones (excluding diaryl/α,β-unsaturated/α-hetero) is 1. The van der Waals surface area contributed by atoms with Crippen molar-refractivity contribution in [1.82, 2.24) is 0 Å². The van der Waals surface area contributed by atoms with E-state index in [-0.39, 0.29) is 19.0 Å². The van der Waals surface area contributed by atoms with Crippen molar-refractivity contribution < 1.29 is 23.8 Å². The van der Waals surface area contributed by atoms with Crippen molar-refractivity contribution in [2.45, 2.75) is 19.3 Å². The van der Waals surface area contributed by atoms with Crippen molar-refractivity contribution in [3.8, 4) is 11.5 Å². The molecule has 0 N–H and O–H groups in total. The number of hydrogen-bond acceptors (Lipinski definition) is 5. The first-order valence-electron chi connectivity index (χ1n) is 8.24. The summed E-state index contributed by atoms with van der Waals surface area (Å²) in [5.41, 5.74) is 3.01. The maximum absolute atomic E-state index is 12.1. The Morgan fingerprint density at radius 2 is 1.80 bits per heavy atom. The summed E-state index contributed by atoms with van der Waals surface area (Å²) in [7, 11) is 1.49. The minimum Gasteiger partial charge on any atom is -0.496 e. The highest BCUT2D eigenvalue weighted by molar-refractivity contribution is 6.00. The summed E-state index contributed by atoms with van der Waals surface area (Å²) in [4.78, 5) is 23.9. The van der Waals surface area contributed by atoms with Gasteiger partial charge in [-0.2, -0.15) is 0 Å². The Labute approximate surface area is 146 Å². The van der Waals surface area contributed by atoms with E-state index in [4.69, 9.17) is 14.2 Å². The van der Waals surface area contributed by atoms with Crippen molar-refractivity contribution in [3.05, 3.63) is 59.2 Å². The molecule has 130 valence electrons. The third-order valence-corrected chi connectivity index (χ3v) is 4.20. The van der Waals surface area contributed by atoms with E-state index in [1.807, 2.05) is 18.2 Å². The first-order valence-corrected chi connectivity index (χ1v) is 8.24. The second-order valence-electron chi connectivity index (χ2n) is 5.86. The summed E-state index contributed by atoms with van der Waals surface area (Å²) < 4.78 is 15.6. The summed E-state index contributed by atoms with van der Waals surface area (Å²) in [6.07, 6.45) is 3.30. The number of ketones is 1. The number of carbonyl (C=O) groups excluding carboxylic acids is 2. The zero-order valence-electron chi connectivity index (χ0n) is 14.1. The topological polar surface area (TPSA) is 61.8 Å². The van der Waals surface area contributed by atoms with Gasteiger partial charge >= 0.3 is 5.97 Å². The van der Waals surface area contributed by atoms with Crippen LogP contribution in [0.3, 0.4) is 0 Å². The van der Waals surface area contributed by atoms with Crippen molar-refractivity contribution in [3.63, 3.8) is 0 Å². The Bertz CT molecular complexity index is 781. The number of benzene rings is 2. The van der Waals surface area contributed by atoms with Gasteiger partial charge in [-0.25, -0.2) is 4.79 Å². The number of carbonyl (C=O) groups is 2. The molecule has 0 amide bonds. The molecule has 0 spiro atoms. The summed E-state index contributed by atoms with van der Waals surface area (Å²) >= 11 is 0. The van der Waals surface area contributed by atoms with Crippen LogP contribution in [0.15, 0.2) is 42.5 Å². The number of aryl methyl sites for hydroxylation is 2. The number of hydrogen-bond donors (Lipinski definition) is 0. The lowest BCUT2D eigenvalue weighted by Gasteiger charge is -2.09. The van der Waals surface area contributed by atoms with Gasteiger partial charge < -0.3 is 14.2 Å². The molecule has 2 aromatic carbocycles. The van der Waals surface area contributed by atoms with Crippen LogP contribution >= 0.6 is 0 Å². The average molecular weight is 340 g/mol. The van der Waals surface area contributed by atoms with Gasteiger partial charge in [-0.05, 0) is 54.7 Å². The van der Waals surface area contributed by atoms with Gasteiger partial charge in [0.25, 0.3) is 0 Å². The van der Waals surface area contributed by atoms with Gasteiger partial charge in [0.2, 0.25) is 5.78 Å². The quantitative estimate of drug-likeness (QED) is 0.573. The highest BCUT2D eigenvalue weighted by Gasteiger charge is 2.15. The fourth-order valence-corrected chi connectivity index (χ4v) is 2.92. The molecule has 0 aromatic heterocycles. The van der Waals surface area contributed by atoms with Crippen LogP contribution in [0.4, 0.5) is 0 Å². The fraction of sp³-hybridized carbons (Fsp3) is 0.300. The monoisotopic (exact) mass is 340 g/mol. The highest BCUT2D eigenvalue weighted by atomic mass is 16.6. The predicted molar refractivity (Wildman–Crippen MR) is 92.2 cm³/mol. The molecule has 3 rings (SSSR count). The lowest BCUT2D eigenvalue weighted by Crippen LogP contribution is -2.19. The molecular weight excluding hydrogens is 320 g/mol. The molecule has 1 aliphatic carbocycles. The van der Waals surface area contributed by atoms with Gasteiger partial charge in [-0.3, -0.25) is 4.79 Å². The van der Waals surface area contributed by atoms with E-state index in [2.05, 4.69) is 0 Å². The number of esters is 1. The number of para-hydroxylation sites is 1. The van der Waals surface area contributed by atoms with E-state index in [0.717, 1.165) is 19.3 Å². The summed E-state index contributed by atoms with van der Waals surface area (Å²) in [6.45, 7) is -0.565. The smallest absolute Gasteiger partial charge is 0.344 e. The number of methoxy groups -OCH3 is 1. The van der Waals surface area contributed by atoms with Crippen LogP contribution in [0.2, 0.25) is 0 Å². The normalized spacial score (nSPS) is 12.4. The van der Waals surface area contributed by atoms with E-state index >= 15 is 0 Å². The molecule has 5 nitrogen and oxygen atoms in total. The van der Waals surface area contributed by atoms with Gasteiger partial charge in [-0.1, -0.05) is 18.2 Å². The number of ether oxygens (including phenoxy) is 3. The highest BCUT2D eigenvalue weighted by Crippen LogP contribution is 2.26. The molecule has 5 heteroatoms. The summed E-state index contributed by atoms with van der Waals surface area (Å²) in [6, 6.07) is 12.7. The van der Waals surface area contributed by atoms with Gasteiger partial charge in [0.05, 0.1) is 12.7 Å². The SMILES string of the molecule is COc1ccccc1C(=O)COC(=O)COc1ccc2c(c1)CCC2. The van der Waals surface area contributed by atoms with Crippen molar-refractivity contribution in [2.75, 3.05) is 20.3 Å². The Morgan fingerprint density at radius 3 is 2.64 bits per heavy atom. The minimum atomic E-state index is -0.580. The maximum Gasteiger partial charge on any atom is 0.344 e. The van der Waals surface area contributed by atoms with Crippen molar-refractivity contribution >= 4 is 11.8 Å². The van der Waals surface area contributed by atoms with E-state index in [9.17, 15) is 9.59 Å². The Morgan fingerprint density at radius 1 is 1.00 bits per heavy atom. The van der Waals surface area contributed by atoms with Crippen LogP contribution in [-0.4, -0.2) is 32.1 Å². The zero-order chi connectivity index (χ0) is 17.6. The average Bonchev–Trinajstić information content (AvgIpc) is 3.12. The maximum atomic E-state index is 12.1. The Balaban J connectivity index is 1.49. The molecule has 0 heterocycles. The molecule has 2 aromatic rings. The van der Waals surface area contributed by atoms with Gasteiger partial charge in [0.15, 0.2) is 13.2 Å². The summed E-state index contributed by atoms with van der Waals surface area (Å²) in [5, 5.41) is 0. The van der Waals surface area contributed by atoms with Crippen LogP contribution in [-0.2, 0) is 22.4 Å². The largest absolute Gasteiger partial charge is 0.496 e. The zero-order valence-corrected chi connectivity index (χ0v) is 14.1. The Hall–Kier alpha value is -2.82. The molecule has 0 fully saturated rings. The lowest BCUT2D eigenvalue weighted by atomic mass is 10.1. The van der Waals surface area contributed by atoms with E-state index in [0.29, 0.717) is 17.1 Å². The second-order valence-corrected chi connectivity index (χ2v) is 5.86. The third-order valence-electron chi connectivity index (χ3n) is 4.20. The first-order chi connectivity index (χ1) is 12.2. The number of rotatable bonds is 7. The van der Waals surface area contributed by atoms with E-state index < -0.39 is 5.97 Å². The molecule has 25 heavy (non-hydrogen) atoms. The van der Waals surface area contributed by atoms with Crippen LogP contribution in [0.25, 0.3) is 0 Å². The van der Waals surface area contributed by atoms with E-state index in [1.54, 1.807) is 24.3 Å². The van der Waals surface area contributed by atoms with Gasteiger partial charge in [0, 0.05) is 0 Å². The second kappa shape index (κ2) is 7.83. The molecule has 0 atom stereocenters. The standard InChI is InChI=1S/C20H20O5/c1-23-19-8-3-2-7-17(19)18(21)12-25-20(22)13-24-16-10-9-14-5-4-6-15(14)11-16/h2-3,7-11H,4-6,12-13H2,1H3. The molecule has 0 unspecified atom stereocenters. The minimum absolute atomic E-state index is 0.224. The molecule has 1 aliphatic rings. The summed E-state index contributed by atoms with van der Waals surface area (Å²) in [5.74, 6) is 0.207. The lowest BCUT2D eigenvalue weighted by molar-refractivity contribution is -0.144. The Kier molecular flexibility index (Phi) is 5.33. The van der Waals surface area contributed by atoms with Crippen LogP contribution in [0, 0.1) is 0 Å².